The molecule has 1 rings (SSSR count). The van der Waals surface area contributed by atoms with Crippen LogP contribution in [0.2, 0.25) is 0 Å². The Morgan fingerprint density at radius 2 is 2.60 bits per heavy atom. The fraction of sp³-hybridized carbons (Fsp3) is 0. The summed E-state index contributed by atoms with van der Waals surface area (Å²) in [4.78, 5) is 4.33. The second-order valence-electron chi connectivity index (χ2n) is 0.753. The van der Waals surface area contributed by atoms with Gasteiger partial charge in [-0.1, -0.05) is 0 Å². The van der Waals surface area contributed by atoms with Crippen LogP contribution in [0.1, 0.15) is 0 Å². The minimum absolute atomic E-state index is 0.360. The highest BCUT2D eigenvalue weighted by Crippen LogP contribution is 1.85. The van der Waals surface area contributed by atoms with E-state index in [9.17, 15) is 0 Å². The van der Waals surface area contributed by atoms with E-state index in [0.29, 0.717) is 0 Å². The Hall–Kier alpha value is -0.283. The van der Waals surface area contributed by atoms with Crippen molar-refractivity contribution in [2.45, 2.75) is 0 Å². The van der Waals surface area contributed by atoms with Crippen molar-refractivity contribution in [2.75, 3.05) is 0 Å². The second kappa shape index (κ2) is 1.23. The first-order valence-corrected chi connectivity index (χ1v) is 2.83. The van der Waals surface area contributed by atoms with Gasteiger partial charge in [0, 0.05) is 0 Å². The van der Waals surface area contributed by atoms with E-state index in [4.69, 9.17) is 0 Å². The summed E-state index contributed by atoms with van der Waals surface area (Å²) in [6, 6.07) is 0. The van der Waals surface area contributed by atoms with Crippen LogP contribution in [0.25, 0.3) is 0 Å². The van der Waals surface area contributed by atoms with Gasteiger partial charge in [0.05, 0.1) is 0 Å². The third-order valence-electron chi connectivity index (χ3n) is 0.384. The van der Waals surface area contributed by atoms with E-state index in [2.05, 4.69) is 9.46 Å². The molecular formula is C2H4O2Si. The summed E-state index contributed by atoms with van der Waals surface area (Å²) in [6.07, 6.45) is 1.58. The molecule has 1 aliphatic rings. The Balaban J connectivity index is 2.32. The molecule has 0 aliphatic carbocycles. The molecule has 28 valence electrons. The van der Waals surface area contributed by atoms with Gasteiger partial charge in [-0.3, -0.25) is 0 Å². The first-order chi connectivity index (χ1) is 2.50. The monoisotopic (exact) mass is 88.0 g/mol. The van der Waals surface area contributed by atoms with E-state index in [-0.39, 0.29) is 9.76 Å². The lowest BCUT2D eigenvalue weighted by molar-refractivity contribution is -0.138. The predicted molar refractivity (Wildman–Crippen MR) is 19.9 cm³/mol. The average Bonchev–Trinajstić information content (AvgIpc) is 1.76. The third-order valence-corrected chi connectivity index (χ3v) is 1.04. The fourth-order valence-electron chi connectivity index (χ4n) is 0.196. The first-order valence-electron chi connectivity index (χ1n) is 1.43. The zero-order chi connectivity index (χ0) is 3.54. The smallest absolute Gasteiger partial charge is 0.251 e. The molecule has 0 radical (unpaired) electrons. The van der Waals surface area contributed by atoms with E-state index in [1.54, 1.807) is 6.26 Å². The van der Waals surface area contributed by atoms with E-state index < -0.39 is 0 Å². The Labute approximate surface area is 32.3 Å². The van der Waals surface area contributed by atoms with Crippen LogP contribution < -0.4 is 0 Å². The van der Waals surface area contributed by atoms with E-state index in [1.807, 2.05) is 5.70 Å². The van der Waals surface area contributed by atoms with Crippen LogP contribution in [-0.4, -0.2) is 9.76 Å². The van der Waals surface area contributed by atoms with Gasteiger partial charge < -0.3 is 4.89 Å². The Bertz CT molecular complexity index is 45.6. The zero-order valence-corrected chi connectivity index (χ0v) is 4.09. The quantitative estimate of drug-likeness (QED) is 0.293. The molecule has 0 N–H and O–H groups in total. The molecule has 0 unspecified atom stereocenters. The predicted octanol–water partition coefficient (Wildman–Crippen LogP) is -0.497. The van der Waals surface area contributed by atoms with Gasteiger partial charge >= 0.3 is 0 Å². The summed E-state index contributed by atoms with van der Waals surface area (Å²) in [5.74, 6) is 0. The van der Waals surface area contributed by atoms with Crippen molar-refractivity contribution in [3.8, 4) is 0 Å². The number of hydrogen-bond acceptors (Lipinski definition) is 2. The maximum absolute atomic E-state index is 4.47. The number of hydrogen-bond donors (Lipinski definition) is 0. The van der Waals surface area contributed by atoms with Gasteiger partial charge in [-0.25, -0.2) is 4.58 Å². The molecule has 0 saturated carbocycles. The Kier molecular flexibility index (Phi) is 0.722. The largest absolute Gasteiger partial charge is 0.358 e. The molecular weight excluding hydrogens is 84.1 g/mol. The van der Waals surface area contributed by atoms with Crippen molar-refractivity contribution >= 4 is 9.76 Å². The summed E-state index contributed by atoms with van der Waals surface area (Å²) in [7, 11) is -0.360. The highest BCUT2D eigenvalue weighted by molar-refractivity contribution is 6.34. The fourth-order valence-corrected chi connectivity index (χ4v) is 0.589. The van der Waals surface area contributed by atoms with Crippen molar-refractivity contribution in [3.05, 3.63) is 12.0 Å². The summed E-state index contributed by atoms with van der Waals surface area (Å²) in [5.41, 5.74) is 1.93. The topological polar surface area (TPSA) is 18.5 Å². The van der Waals surface area contributed by atoms with E-state index >= 15 is 0 Å². The molecule has 0 amide bonds. The van der Waals surface area contributed by atoms with Crippen molar-refractivity contribution < 1.29 is 9.46 Å². The lowest BCUT2D eigenvalue weighted by Gasteiger charge is -1.81. The molecule has 0 atom stereocenters. The van der Waals surface area contributed by atoms with Crippen molar-refractivity contribution in [3.63, 3.8) is 0 Å². The van der Waals surface area contributed by atoms with Gasteiger partial charge in [-0.05, 0) is 5.70 Å². The minimum atomic E-state index is -0.360. The molecule has 3 heteroatoms. The lowest BCUT2D eigenvalue weighted by Crippen LogP contribution is -1.79. The van der Waals surface area contributed by atoms with Gasteiger partial charge in [-0.15, -0.1) is 0 Å². The van der Waals surface area contributed by atoms with Crippen molar-refractivity contribution in [1.29, 1.82) is 0 Å². The van der Waals surface area contributed by atoms with Crippen LogP contribution in [0.3, 0.4) is 0 Å². The van der Waals surface area contributed by atoms with Crippen molar-refractivity contribution in [2.24, 2.45) is 0 Å². The van der Waals surface area contributed by atoms with Gasteiger partial charge in [0.1, 0.15) is 6.26 Å². The zero-order valence-electron chi connectivity index (χ0n) is 2.68. The van der Waals surface area contributed by atoms with Gasteiger partial charge in [-0.2, -0.15) is 0 Å². The molecule has 0 aromatic rings. The first kappa shape index (κ1) is 2.93. The second-order valence-corrected chi connectivity index (χ2v) is 1.79. The summed E-state index contributed by atoms with van der Waals surface area (Å²) in [6.45, 7) is 0. The Morgan fingerprint density at radius 1 is 1.60 bits per heavy atom. The minimum Gasteiger partial charge on any atom is -0.358 e. The molecule has 0 aromatic carbocycles. The van der Waals surface area contributed by atoms with Gasteiger partial charge in [0.25, 0.3) is 9.76 Å². The van der Waals surface area contributed by atoms with Crippen LogP contribution in [0, 0.1) is 0 Å². The third kappa shape index (κ3) is 0.492. The number of rotatable bonds is 0. The SMILES string of the molecule is C1=C[SiH2]OO1. The van der Waals surface area contributed by atoms with Crippen LogP contribution in [0.15, 0.2) is 12.0 Å². The Morgan fingerprint density at radius 3 is 2.80 bits per heavy atom. The molecule has 1 heterocycles. The molecule has 5 heavy (non-hydrogen) atoms. The molecule has 0 fully saturated rings. The summed E-state index contributed by atoms with van der Waals surface area (Å²) < 4.78 is 4.47. The normalized spacial score (nSPS) is 24.0. The standard InChI is InChI=1S/C2H4O2Si/c1-2-5-4-3-1/h1-2H,5H2. The van der Waals surface area contributed by atoms with Crippen LogP contribution >= 0.6 is 0 Å². The van der Waals surface area contributed by atoms with E-state index in [1.165, 1.54) is 0 Å². The van der Waals surface area contributed by atoms with Crippen LogP contribution in [0.4, 0.5) is 0 Å². The highest BCUT2D eigenvalue weighted by Gasteiger charge is 1.86. The molecule has 0 aromatic heterocycles. The highest BCUT2D eigenvalue weighted by atomic mass is 28.2. The average molecular weight is 88.1 g/mol. The van der Waals surface area contributed by atoms with Crippen LogP contribution in [-0.2, 0) is 9.46 Å². The summed E-state index contributed by atoms with van der Waals surface area (Å²) >= 11 is 0. The molecule has 2 nitrogen and oxygen atoms in total. The molecule has 0 saturated heterocycles. The van der Waals surface area contributed by atoms with E-state index in [0.717, 1.165) is 0 Å². The van der Waals surface area contributed by atoms with Gasteiger partial charge in [0.15, 0.2) is 0 Å². The maximum Gasteiger partial charge on any atom is 0.251 e. The van der Waals surface area contributed by atoms with Crippen LogP contribution in [0.5, 0.6) is 0 Å². The molecule has 0 bridgehead atoms. The lowest BCUT2D eigenvalue weighted by atomic mass is 11.2. The molecule has 1 aliphatic heterocycles. The van der Waals surface area contributed by atoms with Crippen molar-refractivity contribution in [1.82, 2.24) is 0 Å². The van der Waals surface area contributed by atoms with Gasteiger partial charge in [0.2, 0.25) is 0 Å². The molecule has 0 spiro atoms. The summed E-state index contributed by atoms with van der Waals surface area (Å²) in [5, 5.41) is 0. The maximum atomic E-state index is 4.47.